The summed E-state index contributed by atoms with van der Waals surface area (Å²) in [6.07, 6.45) is 1.89. The van der Waals surface area contributed by atoms with Gasteiger partial charge in [0, 0.05) is 12.2 Å². The Morgan fingerprint density at radius 2 is 2.33 bits per heavy atom. The topological polar surface area (TPSA) is 80.9 Å². The minimum atomic E-state index is -0.860. The Balaban J connectivity index is 2.11. The molecule has 0 aliphatic heterocycles. The molecule has 18 heavy (non-hydrogen) atoms. The van der Waals surface area contributed by atoms with Crippen LogP contribution in [0.1, 0.15) is 19.9 Å². The normalized spacial score (nSPS) is 11.1. The molecule has 0 aromatic carbocycles. The Bertz CT molecular complexity index is 550. The lowest BCUT2D eigenvalue weighted by Gasteiger charge is -2.02. The van der Waals surface area contributed by atoms with Gasteiger partial charge < -0.3 is 5.11 Å². The molecule has 0 aliphatic carbocycles. The number of rotatable bonds is 5. The van der Waals surface area contributed by atoms with Crippen molar-refractivity contribution in [2.24, 2.45) is 0 Å². The van der Waals surface area contributed by atoms with Gasteiger partial charge in [-0.2, -0.15) is 5.10 Å². The number of hydrogen-bond donors (Lipinski definition) is 1. The smallest absolute Gasteiger partial charge is 0.313 e. The van der Waals surface area contributed by atoms with E-state index >= 15 is 0 Å². The molecular formula is C10H12N4O2S2. The van der Waals surface area contributed by atoms with Crippen LogP contribution in [0.4, 0.5) is 0 Å². The van der Waals surface area contributed by atoms with E-state index in [0.29, 0.717) is 15.4 Å². The van der Waals surface area contributed by atoms with E-state index in [2.05, 4.69) is 15.3 Å². The maximum absolute atomic E-state index is 10.4. The van der Waals surface area contributed by atoms with Gasteiger partial charge in [0.25, 0.3) is 0 Å². The molecule has 2 heterocycles. The maximum Gasteiger partial charge on any atom is 0.313 e. The zero-order chi connectivity index (χ0) is 13.1. The fourth-order valence-corrected chi connectivity index (χ4v) is 2.77. The molecule has 0 atom stereocenters. The number of aliphatic carboxylic acids is 1. The van der Waals surface area contributed by atoms with Crippen molar-refractivity contribution in [3.8, 4) is 10.7 Å². The lowest BCUT2D eigenvalue weighted by Crippen LogP contribution is -2.00. The first kappa shape index (κ1) is 13.0. The highest BCUT2D eigenvalue weighted by Gasteiger charge is 2.11. The Morgan fingerprint density at radius 1 is 1.56 bits per heavy atom. The zero-order valence-corrected chi connectivity index (χ0v) is 11.5. The summed E-state index contributed by atoms with van der Waals surface area (Å²) in [4.78, 5) is 10.4. The second-order valence-corrected chi connectivity index (χ2v) is 6.03. The van der Waals surface area contributed by atoms with E-state index in [1.54, 1.807) is 0 Å². The molecule has 0 aliphatic rings. The number of thioether (sulfide) groups is 1. The summed E-state index contributed by atoms with van der Waals surface area (Å²) in [5.41, 5.74) is 0.767. The highest BCUT2D eigenvalue weighted by Crippen LogP contribution is 2.28. The van der Waals surface area contributed by atoms with Gasteiger partial charge in [-0.25, -0.2) is 0 Å². The number of carbonyl (C=O) groups is 1. The lowest BCUT2D eigenvalue weighted by atomic mass is 10.4. The van der Waals surface area contributed by atoms with Crippen molar-refractivity contribution in [3.05, 3.63) is 12.3 Å². The van der Waals surface area contributed by atoms with Gasteiger partial charge in [-0.3, -0.25) is 9.48 Å². The van der Waals surface area contributed by atoms with Gasteiger partial charge in [-0.1, -0.05) is 23.1 Å². The van der Waals surface area contributed by atoms with Crippen LogP contribution >= 0.6 is 23.1 Å². The average Bonchev–Trinajstić information content (AvgIpc) is 2.95. The fraction of sp³-hybridized carbons (Fsp3) is 0.400. The summed E-state index contributed by atoms with van der Waals surface area (Å²) < 4.78 is 2.49. The number of hydrogen-bond acceptors (Lipinski definition) is 6. The standard InChI is InChI=1S/C10H12N4O2S2/c1-6(2)14-4-3-7(13-14)9-11-12-10(18-9)17-5-8(15)16/h3-4,6H,5H2,1-2H3,(H,15,16). The molecule has 0 bridgehead atoms. The number of nitrogens with zero attached hydrogens (tertiary/aromatic N) is 4. The Kier molecular flexibility index (Phi) is 3.97. The zero-order valence-electron chi connectivity index (χ0n) is 9.90. The summed E-state index contributed by atoms with van der Waals surface area (Å²) in [5, 5.41) is 21.6. The van der Waals surface area contributed by atoms with E-state index in [1.807, 2.05) is 30.8 Å². The lowest BCUT2D eigenvalue weighted by molar-refractivity contribution is -0.133. The molecule has 6 nitrogen and oxygen atoms in total. The molecule has 0 unspecified atom stereocenters. The van der Waals surface area contributed by atoms with Crippen LogP contribution in [0.15, 0.2) is 16.6 Å². The maximum atomic E-state index is 10.4. The van der Waals surface area contributed by atoms with Gasteiger partial charge in [0.2, 0.25) is 0 Å². The first-order valence-corrected chi connectivity index (χ1v) is 7.10. The van der Waals surface area contributed by atoms with Crippen molar-refractivity contribution in [2.75, 3.05) is 5.75 Å². The predicted octanol–water partition coefficient (Wildman–Crippen LogP) is 2.16. The SMILES string of the molecule is CC(C)n1ccc(-c2nnc(SCC(=O)O)s2)n1. The quantitative estimate of drug-likeness (QED) is 0.847. The summed E-state index contributed by atoms with van der Waals surface area (Å²) in [7, 11) is 0. The number of aromatic nitrogens is 4. The van der Waals surface area contributed by atoms with Gasteiger partial charge in [-0.05, 0) is 19.9 Å². The van der Waals surface area contributed by atoms with E-state index < -0.39 is 5.97 Å². The van der Waals surface area contributed by atoms with Crippen LogP contribution in [0.25, 0.3) is 10.7 Å². The van der Waals surface area contributed by atoms with Crippen LogP contribution in [-0.2, 0) is 4.79 Å². The Morgan fingerprint density at radius 3 is 2.94 bits per heavy atom. The number of carboxylic acids is 1. The van der Waals surface area contributed by atoms with E-state index in [9.17, 15) is 4.79 Å². The van der Waals surface area contributed by atoms with Crippen LogP contribution in [0.3, 0.4) is 0 Å². The Labute approximate surface area is 112 Å². The van der Waals surface area contributed by atoms with E-state index in [0.717, 1.165) is 5.69 Å². The molecule has 1 N–H and O–H groups in total. The van der Waals surface area contributed by atoms with Crippen molar-refractivity contribution < 1.29 is 9.90 Å². The second-order valence-electron chi connectivity index (χ2n) is 3.83. The van der Waals surface area contributed by atoms with Crippen LogP contribution in [0.2, 0.25) is 0 Å². The molecule has 0 fully saturated rings. The highest BCUT2D eigenvalue weighted by molar-refractivity contribution is 8.01. The van der Waals surface area contributed by atoms with Crippen molar-refractivity contribution in [1.29, 1.82) is 0 Å². The molecular weight excluding hydrogens is 272 g/mol. The van der Waals surface area contributed by atoms with Gasteiger partial charge in [0.15, 0.2) is 9.35 Å². The van der Waals surface area contributed by atoms with E-state index in [-0.39, 0.29) is 5.75 Å². The van der Waals surface area contributed by atoms with Crippen molar-refractivity contribution in [2.45, 2.75) is 24.2 Å². The fourth-order valence-electron chi connectivity index (χ4n) is 1.23. The molecule has 0 saturated heterocycles. The van der Waals surface area contributed by atoms with Crippen LogP contribution in [0, 0.1) is 0 Å². The van der Waals surface area contributed by atoms with Gasteiger partial charge in [-0.15, -0.1) is 10.2 Å². The third-order valence-corrected chi connectivity index (χ3v) is 4.15. The molecule has 2 rings (SSSR count). The second kappa shape index (κ2) is 5.49. The van der Waals surface area contributed by atoms with Crippen molar-refractivity contribution in [1.82, 2.24) is 20.0 Å². The van der Waals surface area contributed by atoms with Crippen LogP contribution < -0.4 is 0 Å². The Hall–Kier alpha value is -1.41. The van der Waals surface area contributed by atoms with Crippen LogP contribution in [-0.4, -0.2) is 36.8 Å². The molecule has 0 radical (unpaired) electrons. The van der Waals surface area contributed by atoms with Gasteiger partial charge >= 0.3 is 5.97 Å². The summed E-state index contributed by atoms with van der Waals surface area (Å²) in [5.74, 6) is -0.865. The van der Waals surface area contributed by atoms with Crippen LogP contribution in [0.5, 0.6) is 0 Å². The molecule has 2 aromatic rings. The number of carboxylic acid groups (broad SMARTS) is 1. The summed E-state index contributed by atoms with van der Waals surface area (Å²) >= 11 is 2.52. The summed E-state index contributed by atoms with van der Waals surface area (Å²) in [6, 6.07) is 2.18. The third kappa shape index (κ3) is 3.08. The van der Waals surface area contributed by atoms with Crippen molar-refractivity contribution in [3.63, 3.8) is 0 Å². The first-order chi connectivity index (χ1) is 8.56. The monoisotopic (exact) mass is 284 g/mol. The largest absolute Gasteiger partial charge is 0.481 e. The molecule has 0 spiro atoms. The molecule has 2 aromatic heterocycles. The predicted molar refractivity (Wildman–Crippen MR) is 69.9 cm³/mol. The molecule has 8 heteroatoms. The van der Waals surface area contributed by atoms with Gasteiger partial charge in [0.1, 0.15) is 5.69 Å². The minimum absolute atomic E-state index is 0.00489. The first-order valence-electron chi connectivity index (χ1n) is 5.30. The minimum Gasteiger partial charge on any atom is -0.481 e. The summed E-state index contributed by atoms with van der Waals surface area (Å²) in [6.45, 7) is 4.09. The van der Waals surface area contributed by atoms with E-state index in [1.165, 1.54) is 23.1 Å². The molecule has 0 saturated carbocycles. The highest BCUT2D eigenvalue weighted by atomic mass is 32.2. The molecule has 96 valence electrons. The molecule has 0 amide bonds. The van der Waals surface area contributed by atoms with E-state index in [4.69, 9.17) is 5.11 Å². The van der Waals surface area contributed by atoms with Gasteiger partial charge in [0.05, 0.1) is 5.75 Å². The third-order valence-electron chi connectivity index (χ3n) is 2.08. The average molecular weight is 284 g/mol. The van der Waals surface area contributed by atoms with Crippen molar-refractivity contribution >= 4 is 29.1 Å².